The van der Waals surface area contributed by atoms with Crippen molar-refractivity contribution >= 4 is 45.8 Å². The van der Waals surface area contributed by atoms with E-state index < -0.39 is 0 Å². The first-order valence-corrected chi connectivity index (χ1v) is 9.54. The highest BCUT2D eigenvalue weighted by molar-refractivity contribution is 6.36. The van der Waals surface area contributed by atoms with E-state index in [0.717, 1.165) is 0 Å². The molecule has 0 unspecified atom stereocenters. The van der Waals surface area contributed by atoms with Gasteiger partial charge in [-0.2, -0.15) is 0 Å². The lowest BCUT2D eigenvalue weighted by molar-refractivity contribution is 0.306. The molecule has 6 heteroatoms. The number of rotatable bonds is 4. The second kappa shape index (κ2) is 7.88. The summed E-state index contributed by atoms with van der Waals surface area (Å²) in [7, 11) is 0. The molecule has 0 aliphatic carbocycles. The molecule has 0 N–H and O–H groups in total. The van der Waals surface area contributed by atoms with Crippen LogP contribution in [-0.2, 0) is 6.61 Å². The third-order valence-electron chi connectivity index (χ3n) is 4.35. The molecule has 0 saturated carbocycles. The van der Waals surface area contributed by atoms with Crippen molar-refractivity contribution in [3.63, 3.8) is 0 Å². The van der Waals surface area contributed by atoms with Gasteiger partial charge in [0, 0.05) is 32.3 Å². The first kappa shape index (κ1) is 18.9. The normalized spacial score (nSPS) is 11.0. The Kier molecular flexibility index (Phi) is 5.31. The molecule has 1 aromatic heterocycles. The van der Waals surface area contributed by atoms with Crippen LogP contribution in [0.1, 0.15) is 5.56 Å². The van der Waals surface area contributed by atoms with Crippen molar-refractivity contribution in [3.8, 4) is 16.9 Å². The van der Waals surface area contributed by atoms with E-state index >= 15 is 0 Å². The topological polar surface area (TPSA) is 39.4 Å². The summed E-state index contributed by atoms with van der Waals surface area (Å²) in [6.45, 7) is 0.200. The Morgan fingerprint density at radius 3 is 2.29 bits per heavy atom. The van der Waals surface area contributed by atoms with Gasteiger partial charge in [-0.25, -0.2) is 0 Å². The molecule has 0 saturated heterocycles. The van der Waals surface area contributed by atoms with E-state index in [2.05, 4.69) is 0 Å². The van der Waals surface area contributed by atoms with Gasteiger partial charge in [0.15, 0.2) is 0 Å². The minimum absolute atomic E-state index is 0.157. The number of halogens is 3. The van der Waals surface area contributed by atoms with Gasteiger partial charge < -0.3 is 9.15 Å². The van der Waals surface area contributed by atoms with E-state index in [0.29, 0.717) is 48.5 Å². The van der Waals surface area contributed by atoms with Crippen molar-refractivity contribution in [1.82, 2.24) is 0 Å². The quantitative estimate of drug-likeness (QED) is 0.349. The average molecular weight is 432 g/mol. The van der Waals surface area contributed by atoms with Crippen molar-refractivity contribution in [2.45, 2.75) is 6.61 Å². The molecule has 0 amide bonds. The number of hydrogen-bond donors (Lipinski definition) is 0. The van der Waals surface area contributed by atoms with E-state index in [9.17, 15) is 4.79 Å². The van der Waals surface area contributed by atoms with Crippen LogP contribution in [0.2, 0.25) is 15.1 Å². The lowest BCUT2D eigenvalue weighted by Gasteiger charge is -2.10. The van der Waals surface area contributed by atoms with E-state index in [1.807, 2.05) is 12.1 Å². The van der Waals surface area contributed by atoms with E-state index in [-0.39, 0.29) is 12.0 Å². The summed E-state index contributed by atoms with van der Waals surface area (Å²) < 4.78 is 11.5. The molecule has 0 fully saturated rings. The largest absolute Gasteiger partial charge is 0.489 e. The smallest absolute Gasteiger partial charge is 0.200 e. The number of fused-ring (bicyclic) bond motifs is 1. The number of hydrogen-bond acceptors (Lipinski definition) is 3. The molecule has 4 aromatic rings. The molecular formula is C22H13Cl3O3. The fourth-order valence-corrected chi connectivity index (χ4v) is 3.63. The van der Waals surface area contributed by atoms with E-state index in [1.165, 1.54) is 6.26 Å². The second-order valence-electron chi connectivity index (χ2n) is 6.11. The molecule has 3 nitrogen and oxygen atoms in total. The standard InChI is InChI=1S/C22H13Cl3O3/c23-18-5-2-1-4-14(18)16-11-28-21-10-13(8-9-15(21)22(16)26)27-12-17-19(24)6-3-7-20(17)25/h1-11H,12H2. The Labute approximate surface area is 176 Å². The van der Waals surface area contributed by atoms with Gasteiger partial charge in [-0.3, -0.25) is 4.79 Å². The molecule has 0 aliphatic heterocycles. The van der Waals surface area contributed by atoms with Gasteiger partial charge in [-0.05, 0) is 30.3 Å². The zero-order valence-corrected chi connectivity index (χ0v) is 16.7. The third kappa shape index (κ3) is 3.61. The minimum atomic E-state index is -0.157. The van der Waals surface area contributed by atoms with Crippen LogP contribution >= 0.6 is 34.8 Å². The Morgan fingerprint density at radius 1 is 0.821 bits per heavy atom. The van der Waals surface area contributed by atoms with Gasteiger partial charge in [-0.1, -0.05) is 59.1 Å². The second-order valence-corrected chi connectivity index (χ2v) is 7.33. The number of benzene rings is 3. The Bertz CT molecular complexity index is 1210. The molecule has 0 bridgehead atoms. The summed E-state index contributed by atoms with van der Waals surface area (Å²) in [5, 5.41) is 2.00. The lowest BCUT2D eigenvalue weighted by atomic mass is 10.1. The van der Waals surface area contributed by atoms with E-state index in [1.54, 1.807) is 48.5 Å². The molecule has 3 aromatic carbocycles. The summed E-state index contributed by atoms with van der Waals surface area (Å²) in [6, 6.07) is 17.5. The third-order valence-corrected chi connectivity index (χ3v) is 5.39. The van der Waals surface area contributed by atoms with Crippen molar-refractivity contribution in [2.75, 3.05) is 0 Å². The molecule has 0 atom stereocenters. The Morgan fingerprint density at radius 2 is 1.54 bits per heavy atom. The van der Waals surface area contributed by atoms with Crippen LogP contribution in [0.5, 0.6) is 5.75 Å². The Hall–Kier alpha value is -2.46. The number of ether oxygens (including phenoxy) is 1. The summed E-state index contributed by atoms with van der Waals surface area (Å²) in [6.07, 6.45) is 1.42. The molecule has 0 aliphatic rings. The lowest BCUT2D eigenvalue weighted by Crippen LogP contribution is -2.05. The molecule has 4 rings (SSSR count). The summed E-state index contributed by atoms with van der Waals surface area (Å²) in [5.41, 5.74) is 2.00. The maximum Gasteiger partial charge on any atom is 0.200 e. The monoisotopic (exact) mass is 430 g/mol. The van der Waals surface area contributed by atoms with Gasteiger partial charge in [0.2, 0.25) is 5.43 Å². The SMILES string of the molecule is O=c1c(-c2ccccc2Cl)coc2cc(OCc3c(Cl)cccc3Cl)ccc12. The first-order valence-electron chi connectivity index (χ1n) is 8.41. The van der Waals surface area contributed by atoms with Crippen molar-refractivity contribution in [1.29, 1.82) is 0 Å². The van der Waals surface area contributed by atoms with Crippen LogP contribution in [0.25, 0.3) is 22.1 Å². The maximum absolute atomic E-state index is 12.9. The molecule has 140 valence electrons. The maximum atomic E-state index is 12.9. The highest BCUT2D eigenvalue weighted by atomic mass is 35.5. The van der Waals surface area contributed by atoms with Crippen LogP contribution in [0.4, 0.5) is 0 Å². The molecule has 0 spiro atoms. The molecule has 1 heterocycles. The predicted molar refractivity (Wildman–Crippen MR) is 114 cm³/mol. The fourth-order valence-electron chi connectivity index (χ4n) is 2.89. The van der Waals surface area contributed by atoms with Gasteiger partial charge in [0.05, 0.1) is 10.9 Å². The molecule has 0 radical (unpaired) electrons. The van der Waals surface area contributed by atoms with Crippen molar-refractivity contribution in [3.05, 3.63) is 97.8 Å². The summed E-state index contributed by atoms with van der Waals surface area (Å²) >= 11 is 18.5. The zero-order chi connectivity index (χ0) is 19.7. The van der Waals surface area contributed by atoms with Crippen molar-refractivity contribution < 1.29 is 9.15 Å². The van der Waals surface area contributed by atoms with Gasteiger partial charge in [-0.15, -0.1) is 0 Å². The average Bonchev–Trinajstić information content (AvgIpc) is 2.69. The van der Waals surface area contributed by atoms with Crippen LogP contribution in [-0.4, -0.2) is 0 Å². The van der Waals surface area contributed by atoms with Gasteiger partial charge in [0.25, 0.3) is 0 Å². The zero-order valence-electron chi connectivity index (χ0n) is 14.4. The highest BCUT2D eigenvalue weighted by Gasteiger charge is 2.13. The summed E-state index contributed by atoms with van der Waals surface area (Å²) in [5.74, 6) is 0.539. The minimum Gasteiger partial charge on any atom is -0.489 e. The van der Waals surface area contributed by atoms with E-state index in [4.69, 9.17) is 44.0 Å². The van der Waals surface area contributed by atoms with Gasteiger partial charge >= 0.3 is 0 Å². The summed E-state index contributed by atoms with van der Waals surface area (Å²) in [4.78, 5) is 12.9. The van der Waals surface area contributed by atoms with Crippen LogP contribution in [0.3, 0.4) is 0 Å². The highest BCUT2D eigenvalue weighted by Crippen LogP contribution is 2.29. The van der Waals surface area contributed by atoms with Crippen LogP contribution in [0, 0.1) is 0 Å². The van der Waals surface area contributed by atoms with Crippen LogP contribution in [0.15, 0.2) is 76.1 Å². The van der Waals surface area contributed by atoms with Crippen molar-refractivity contribution in [2.24, 2.45) is 0 Å². The predicted octanol–water partition coefficient (Wildman–Crippen LogP) is 7.00. The van der Waals surface area contributed by atoms with Crippen LogP contribution < -0.4 is 10.2 Å². The fraction of sp³-hybridized carbons (Fsp3) is 0.0455. The molecule has 28 heavy (non-hydrogen) atoms. The van der Waals surface area contributed by atoms with Gasteiger partial charge in [0.1, 0.15) is 24.2 Å². The first-order chi connectivity index (χ1) is 13.5. The molecular weight excluding hydrogens is 419 g/mol. The Balaban J connectivity index is 1.66.